The molecule has 1 aromatic heterocycles. The second-order valence-electron chi connectivity index (χ2n) is 4.75. The third-order valence-corrected chi connectivity index (χ3v) is 4.31. The molecule has 100 valence electrons. The largest absolute Gasteiger partial charge is 0.506 e. The number of hydrogen-bond donors (Lipinski definition) is 1. The molecule has 2 aromatic carbocycles. The molecule has 0 fully saturated rings. The highest BCUT2D eigenvalue weighted by atomic mass is 32.2. The Morgan fingerprint density at radius 2 is 1.85 bits per heavy atom. The molecule has 3 aromatic rings. The van der Waals surface area contributed by atoms with Crippen LogP contribution >= 0.6 is 11.8 Å². The van der Waals surface area contributed by atoms with Gasteiger partial charge in [0.05, 0.1) is 0 Å². The van der Waals surface area contributed by atoms with Crippen LogP contribution in [0.4, 0.5) is 0 Å². The van der Waals surface area contributed by atoms with Crippen LogP contribution in [-0.4, -0.2) is 10.1 Å². The molecule has 3 heteroatoms. The summed E-state index contributed by atoms with van der Waals surface area (Å²) >= 11 is 1.79. The van der Waals surface area contributed by atoms with Gasteiger partial charge >= 0.3 is 0 Å². The molecular formula is C17H15NOS. The number of phenolic OH excluding ortho intramolecular Hbond substituents is 1. The first-order valence-electron chi connectivity index (χ1n) is 6.49. The third kappa shape index (κ3) is 2.63. The van der Waals surface area contributed by atoms with Crippen molar-refractivity contribution in [2.75, 3.05) is 0 Å². The van der Waals surface area contributed by atoms with Crippen molar-refractivity contribution in [1.29, 1.82) is 0 Å². The van der Waals surface area contributed by atoms with Gasteiger partial charge < -0.3 is 5.11 Å². The van der Waals surface area contributed by atoms with E-state index in [9.17, 15) is 5.11 Å². The van der Waals surface area contributed by atoms with Gasteiger partial charge in [0.15, 0.2) is 0 Å². The van der Waals surface area contributed by atoms with Crippen molar-refractivity contribution in [3.05, 3.63) is 65.9 Å². The maximum atomic E-state index is 9.84. The first-order valence-corrected chi connectivity index (χ1v) is 7.47. The predicted molar refractivity (Wildman–Crippen MR) is 84.1 cm³/mol. The van der Waals surface area contributed by atoms with E-state index in [2.05, 4.69) is 36.2 Å². The zero-order valence-electron chi connectivity index (χ0n) is 11.2. The average Bonchev–Trinajstić information content (AvgIpc) is 2.49. The number of aromatic hydroxyl groups is 1. The Morgan fingerprint density at radius 3 is 2.65 bits per heavy atom. The van der Waals surface area contributed by atoms with E-state index in [1.165, 1.54) is 16.0 Å². The van der Waals surface area contributed by atoms with Gasteiger partial charge in [-0.3, -0.25) is 4.98 Å². The Bertz CT molecular complexity index is 738. The molecule has 0 aliphatic carbocycles. The van der Waals surface area contributed by atoms with Crippen molar-refractivity contribution in [1.82, 2.24) is 4.98 Å². The maximum absolute atomic E-state index is 9.84. The van der Waals surface area contributed by atoms with E-state index in [1.54, 1.807) is 24.0 Å². The molecule has 0 saturated carbocycles. The Balaban J connectivity index is 1.88. The number of aromatic nitrogens is 1. The van der Waals surface area contributed by atoms with Crippen LogP contribution < -0.4 is 0 Å². The van der Waals surface area contributed by atoms with Gasteiger partial charge in [0.25, 0.3) is 0 Å². The SMILES string of the molecule is Cc1ccc(SCc2ccc(O)c3ncccc23)cc1. The number of benzene rings is 2. The molecule has 0 bridgehead atoms. The van der Waals surface area contributed by atoms with Crippen molar-refractivity contribution in [3.8, 4) is 5.75 Å². The fraction of sp³-hybridized carbons (Fsp3) is 0.118. The number of nitrogens with zero attached hydrogens (tertiary/aromatic N) is 1. The Kier molecular flexibility index (Phi) is 3.61. The fourth-order valence-corrected chi connectivity index (χ4v) is 3.04. The lowest BCUT2D eigenvalue weighted by Gasteiger charge is -2.07. The number of thioether (sulfide) groups is 1. The minimum absolute atomic E-state index is 0.240. The van der Waals surface area contributed by atoms with Crippen molar-refractivity contribution < 1.29 is 5.11 Å². The standard InChI is InChI=1S/C17H15NOS/c1-12-4-7-14(8-5-12)20-11-13-6-9-16(19)17-15(13)3-2-10-18-17/h2-10,19H,11H2,1H3. The van der Waals surface area contributed by atoms with Crippen LogP contribution in [0.5, 0.6) is 5.75 Å². The number of phenols is 1. The summed E-state index contributed by atoms with van der Waals surface area (Å²) < 4.78 is 0. The van der Waals surface area contributed by atoms with Crippen molar-refractivity contribution in [3.63, 3.8) is 0 Å². The van der Waals surface area contributed by atoms with Gasteiger partial charge in [0.2, 0.25) is 0 Å². The number of aryl methyl sites for hydroxylation is 1. The van der Waals surface area contributed by atoms with Crippen molar-refractivity contribution in [2.45, 2.75) is 17.6 Å². The molecule has 0 aliphatic heterocycles. The van der Waals surface area contributed by atoms with E-state index in [0.717, 1.165) is 11.1 Å². The molecule has 2 nitrogen and oxygen atoms in total. The van der Waals surface area contributed by atoms with Crippen molar-refractivity contribution >= 4 is 22.7 Å². The van der Waals surface area contributed by atoms with E-state index in [1.807, 2.05) is 18.2 Å². The fourth-order valence-electron chi connectivity index (χ4n) is 2.14. The minimum atomic E-state index is 0.240. The molecule has 0 aliphatic rings. The zero-order chi connectivity index (χ0) is 13.9. The molecule has 0 unspecified atom stereocenters. The summed E-state index contributed by atoms with van der Waals surface area (Å²) in [6.45, 7) is 2.09. The lowest BCUT2D eigenvalue weighted by atomic mass is 10.1. The topological polar surface area (TPSA) is 33.1 Å². The van der Waals surface area contributed by atoms with Gasteiger partial charge in [-0.2, -0.15) is 0 Å². The second-order valence-corrected chi connectivity index (χ2v) is 5.79. The smallest absolute Gasteiger partial charge is 0.141 e. The first-order chi connectivity index (χ1) is 9.74. The Morgan fingerprint density at radius 1 is 1.05 bits per heavy atom. The Hall–Kier alpha value is -2.00. The summed E-state index contributed by atoms with van der Waals surface area (Å²) in [6.07, 6.45) is 1.71. The molecular weight excluding hydrogens is 266 g/mol. The highest BCUT2D eigenvalue weighted by Gasteiger charge is 2.06. The normalized spacial score (nSPS) is 10.8. The summed E-state index contributed by atoms with van der Waals surface area (Å²) in [4.78, 5) is 5.50. The van der Waals surface area contributed by atoms with Gasteiger partial charge in [-0.25, -0.2) is 0 Å². The molecule has 0 saturated heterocycles. The third-order valence-electron chi connectivity index (χ3n) is 3.25. The highest BCUT2D eigenvalue weighted by Crippen LogP contribution is 2.30. The maximum Gasteiger partial charge on any atom is 0.141 e. The van der Waals surface area contributed by atoms with Gasteiger partial charge in [-0.05, 0) is 36.8 Å². The zero-order valence-corrected chi connectivity index (χ0v) is 12.0. The van der Waals surface area contributed by atoms with Gasteiger partial charge in [0, 0.05) is 22.2 Å². The number of pyridine rings is 1. The molecule has 1 heterocycles. The van der Waals surface area contributed by atoms with Crippen LogP contribution in [0.1, 0.15) is 11.1 Å². The molecule has 20 heavy (non-hydrogen) atoms. The van der Waals surface area contributed by atoms with Crippen LogP contribution in [-0.2, 0) is 5.75 Å². The monoisotopic (exact) mass is 281 g/mol. The van der Waals surface area contributed by atoms with E-state index in [0.29, 0.717) is 5.52 Å². The molecule has 3 rings (SSSR count). The molecule has 0 radical (unpaired) electrons. The highest BCUT2D eigenvalue weighted by molar-refractivity contribution is 7.98. The summed E-state index contributed by atoms with van der Waals surface area (Å²) in [5.74, 6) is 1.11. The minimum Gasteiger partial charge on any atom is -0.506 e. The summed E-state index contributed by atoms with van der Waals surface area (Å²) in [5.41, 5.74) is 3.14. The summed E-state index contributed by atoms with van der Waals surface area (Å²) in [7, 11) is 0. The molecule has 0 amide bonds. The predicted octanol–water partition coefficient (Wildman–Crippen LogP) is 4.54. The van der Waals surface area contributed by atoms with Crippen LogP contribution in [0.15, 0.2) is 59.6 Å². The van der Waals surface area contributed by atoms with Gasteiger partial charge in [-0.15, -0.1) is 11.8 Å². The lowest BCUT2D eigenvalue weighted by Crippen LogP contribution is -1.87. The summed E-state index contributed by atoms with van der Waals surface area (Å²) in [5, 5.41) is 10.9. The second kappa shape index (κ2) is 5.55. The number of fused-ring (bicyclic) bond motifs is 1. The average molecular weight is 281 g/mol. The van der Waals surface area contributed by atoms with E-state index >= 15 is 0 Å². The molecule has 0 spiro atoms. The van der Waals surface area contributed by atoms with Crippen molar-refractivity contribution in [2.24, 2.45) is 0 Å². The Labute approximate surface area is 122 Å². The van der Waals surface area contributed by atoms with E-state index < -0.39 is 0 Å². The lowest BCUT2D eigenvalue weighted by molar-refractivity contribution is 0.480. The molecule has 1 N–H and O–H groups in total. The van der Waals surface area contributed by atoms with Crippen LogP contribution in [0.2, 0.25) is 0 Å². The van der Waals surface area contributed by atoms with E-state index in [-0.39, 0.29) is 5.75 Å². The van der Waals surface area contributed by atoms with Gasteiger partial charge in [0.1, 0.15) is 11.3 Å². The van der Waals surface area contributed by atoms with Crippen LogP contribution in [0.3, 0.4) is 0 Å². The van der Waals surface area contributed by atoms with E-state index in [4.69, 9.17) is 0 Å². The summed E-state index contributed by atoms with van der Waals surface area (Å²) in [6, 6.07) is 16.1. The number of rotatable bonds is 3. The van der Waals surface area contributed by atoms with Crippen LogP contribution in [0, 0.1) is 6.92 Å². The molecule has 0 atom stereocenters. The number of hydrogen-bond acceptors (Lipinski definition) is 3. The van der Waals surface area contributed by atoms with Gasteiger partial charge in [-0.1, -0.05) is 29.8 Å². The first kappa shape index (κ1) is 13.0. The van der Waals surface area contributed by atoms with Crippen LogP contribution in [0.25, 0.3) is 10.9 Å². The quantitative estimate of drug-likeness (QED) is 0.715.